The highest BCUT2D eigenvalue weighted by Crippen LogP contribution is 2.23. The van der Waals surface area contributed by atoms with Crippen molar-refractivity contribution in [2.45, 2.75) is 32.5 Å². The van der Waals surface area contributed by atoms with Gasteiger partial charge in [0.2, 0.25) is 5.95 Å². The Balaban J connectivity index is 1.96. The number of fused-ring (bicyclic) bond motifs is 1. The molecule has 0 radical (unpaired) electrons. The molecule has 1 aromatic carbocycles. The fourth-order valence-corrected chi connectivity index (χ4v) is 4.08. The average Bonchev–Trinajstić information content (AvgIpc) is 3.04. The monoisotopic (exact) mass is 382 g/mol. The maximum absolute atomic E-state index is 13.0. The first-order chi connectivity index (χ1) is 13.4. The normalized spacial score (nSPS) is 20.1. The fourth-order valence-electron chi connectivity index (χ4n) is 4.08. The van der Waals surface area contributed by atoms with Crippen molar-refractivity contribution in [3.8, 4) is 0 Å². The summed E-state index contributed by atoms with van der Waals surface area (Å²) in [6, 6.07) is 10.6. The smallest absolute Gasteiger partial charge is 0.332 e. The summed E-state index contributed by atoms with van der Waals surface area (Å²) < 4.78 is 4.56. The molecule has 0 amide bonds. The molecule has 28 heavy (non-hydrogen) atoms. The summed E-state index contributed by atoms with van der Waals surface area (Å²) in [5.41, 5.74) is 1.29. The first-order valence-electron chi connectivity index (χ1n) is 9.58. The molecular formula is C20H26N6O2. The van der Waals surface area contributed by atoms with Gasteiger partial charge in [0.25, 0.3) is 5.56 Å². The lowest BCUT2D eigenvalue weighted by molar-refractivity contribution is 0.401. The summed E-state index contributed by atoms with van der Waals surface area (Å²) in [4.78, 5) is 32.4. The van der Waals surface area contributed by atoms with Crippen LogP contribution in [0.5, 0.6) is 0 Å². The van der Waals surface area contributed by atoms with Gasteiger partial charge in [0.15, 0.2) is 11.2 Å². The topological polar surface area (TPSA) is 77.1 Å². The van der Waals surface area contributed by atoms with Crippen molar-refractivity contribution in [1.29, 1.82) is 0 Å². The zero-order valence-corrected chi connectivity index (χ0v) is 16.7. The van der Waals surface area contributed by atoms with Gasteiger partial charge in [0, 0.05) is 39.3 Å². The number of nitrogens with zero attached hydrogens (tertiary/aromatic N) is 5. The molecule has 3 heterocycles. The lowest BCUT2D eigenvalue weighted by atomic mass is 10.1. The van der Waals surface area contributed by atoms with Crippen molar-refractivity contribution in [2.75, 3.05) is 18.0 Å². The molecule has 2 aromatic heterocycles. The third-order valence-electron chi connectivity index (χ3n) is 5.35. The van der Waals surface area contributed by atoms with E-state index in [2.05, 4.69) is 24.1 Å². The quantitative estimate of drug-likeness (QED) is 0.721. The van der Waals surface area contributed by atoms with E-state index in [9.17, 15) is 9.59 Å². The summed E-state index contributed by atoms with van der Waals surface area (Å²) in [6.07, 6.45) is 0. The number of nitrogens with one attached hydrogen (secondary N) is 1. The molecule has 0 bridgehead atoms. The molecule has 0 aliphatic carbocycles. The summed E-state index contributed by atoms with van der Waals surface area (Å²) in [7, 11) is 3.18. The van der Waals surface area contributed by atoms with Crippen LogP contribution in [0.3, 0.4) is 0 Å². The Bertz CT molecular complexity index is 1120. The number of imidazole rings is 1. The van der Waals surface area contributed by atoms with Crippen LogP contribution in [-0.2, 0) is 20.6 Å². The van der Waals surface area contributed by atoms with Gasteiger partial charge in [0.1, 0.15) is 0 Å². The third kappa shape index (κ3) is 3.03. The van der Waals surface area contributed by atoms with Gasteiger partial charge in [-0.3, -0.25) is 18.5 Å². The Morgan fingerprint density at radius 3 is 2.32 bits per heavy atom. The van der Waals surface area contributed by atoms with Gasteiger partial charge in [-0.2, -0.15) is 4.98 Å². The van der Waals surface area contributed by atoms with Crippen LogP contribution in [0.1, 0.15) is 19.4 Å². The second kappa shape index (κ2) is 6.94. The molecule has 3 aromatic rings. The molecule has 8 heteroatoms. The van der Waals surface area contributed by atoms with E-state index in [1.165, 1.54) is 11.6 Å². The minimum atomic E-state index is -0.365. The highest BCUT2D eigenvalue weighted by Gasteiger charge is 2.27. The molecule has 0 unspecified atom stereocenters. The van der Waals surface area contributed by atoms with Gasteiger partial charge in [-0.05, 0) is 19.4 Å². The van der Waals surface area contributed by atoms with Crippen molar-refractivity contribution < 1.29 is 0 Å². The number of piperazine rings is 1. The second-order valence-corrected chi connectivity index (χ2v) is 7.74. The van der Waals surface area contributed by atoms with Crippen molar-refractivity contribution in [2.24, 2.45) is 14.1 Å². The largest absolute Gasteiger partial charge is 0.339 e. The molecular weight excluding hydrogens is 356 g/mol. The van der Waals surface area contributed by atoms with Crippen molar-refractivity contribution in [3.63, 3.8) is 0 Å². The van der Waals surface area contributed by atoms with E-state index in [0.717, 1.165) is 29.2 Å². The molecule has 0 spiro atoms. The number of hydrogen-bond donors (Lipinski definition) is 1. The lowest BCUT2D eigenvalue weighted by Crippen LogP contribution is -2.55. The van der Waals surface area contributed by atoms with Crippen LogP contribution in [0.2, 0.25) is 0 Å². The van der Waals surface area contributed by atoms with Crippen LogP contribution in [0.25, 0.3) is 11.2 Å². The highest BCUT2D eigenvalue weighted by atomic mass is 16.2. The predicted molar refractivity (Wildman–Crippen MR) is 110 cm³/mol. The van der Waals surface area contributed by atoms with Crippen molar-refractivity contribution >= 4 is 17.1 Å². The number of hydrogen-bond acceptors (Lipinski definition) is 5. The van der Waals surface area contributed by atoms with Crippen LogP contribution in [0.4, 0.5) is 5.95 Å². The number of aryl methyl sites for hydroxylation is 1. The SMILES string of the molecule is C[C@@H]1CN(c2nc3c(c(=O)n(C)c(=O)n3C)n2Cc2ccccc2)C[C@H](C)N1. The zero-order valence-electron chi connectivity index (χ0n) is 16.7. The van der Waals surface area contributed by atoms with Crippen LogP contribution in [-0.4, -0.2) is 43.9 Å². The molecule has 148 valence electrons. The number of benzene rings is 1. The Hall–Kier alpha value is -2.87. The predicted octanol–water partition coefficient (Wildman–Crippen LogP) is 0.669. The molecule has 4 rings (SSSR count). The van der Waals surface area contributed by atoms with Gasteiger partial charge in [-0.25, -0.2) is 4.79 Å². The number of rotatable bonds is 3. The van der Waals surface area contributed by atoms with Gasteiger partial charge in [0.05, 0.1) is 6.54 Å². The molecule has 1 saturated heterocycles. The molecule has 1 N–H and O–H groups in total. The zero-order chi connectivity index (χ0) is 20.0. The second-order valence-electron chi connectivity index (χ2n) is 7.74. The van der Waals surface area contributed by atoms with Gasteiger partial charge in [-0.1, -0.05) is 30.3 Å². The fraction of sp³-hybridized carbons (Fsp3) is 0.450. The standard InChI is InChI=1S/C20H26N6O2/c1-13-10-25(11-14(2)21-13)19-22-17-16(18(27)24(4)20(28)23(17)3)26(19)12-15-8-6-5-7-9-15/h5-9,13-14,21H,10-12H2,1-4H3/t13-,14+. The van der Waals surface area contributed by atoms with E-state index < -0.39 is 0 Å². The van der Waals surface area contributed by atoms with Gasteiger partial charge >= 0.3 is 5.69 Å². The lowest BCUT2D eigenvalue weighted by Gasteiger charge is -2.36. The molecule has 0 saturated carbocycles. The Morgan fingerprint density at radius 1 is 1.04 bits per heavy atom. The summed E-state index contributed by atoms with van der Waals surface area (Å²) in [5.74, 6) is 0.734. The van der Waals surface area contributed by atoms with Crippen molar-refractivity contribution in [1.82, 2.24) is 24.0 Å². The van der Waals surface area contributed by atoms with E-state index in [4.69, 9.17) is 4.98 Å². The third-order valence-corrected chi connectivity index (χ3v) is 5.35. The maximum atomic E-state index is 13.0. The Kier molecular flexibility index (Phi) is 4.58. The molecule has 1 aliphatic heterocycles. The van der Waals surface area contributed by atoms with Crippen LogP contribution >= 0.6 is 0 Å². The van der Waals surface area contributed by atoms with Crippen LogP contribution < -0.4 is 21.5 Å². The van der Waals surface area contributed by atoms with Gasteiger partial charge in [-0.15, -0.1) is 0 Å². The molecule has 8 nitrogen and oxygen atoms in total. The van der Waals surface area contributed by atoms with E-state index >= 15 is 0 Å². The summed E-state index contributed by atoms with van der Waals surface area (Å²) in [6.45, 7) is 6.38. The molecule has 1 aliphatic rings. The van der Waals surface area contributed by atoms with E-state index in [1.807, 2.05) is 34.9 Å². The average molecular weight is 382 g/mol. The first-order valence-corrected chi connectivity index (χ1v) is 9.58. The minimum Gasteiger partial charge on any atom is -0.339 e. The maximum Gasteiger partial charge on any atom is 0.332 e. The van der Waals surface area contributed by atoms with E-state index in [0.29, 0.717) is 29.8 Å². The summed E-state index contributed by atoms with van der Waals surface area (Å²) >= 11 is 0. The van der Waals surface area contributed by atoms with Crippen molar-refractivity contribution in [3.05, 3.63) is 56.7 Å². The van der Waals surface area contributed by atoms with Gasteiger partial charge < -0.3 is 10.2 Å². The van der Waals surface area contributed by atoms with Crippen LogP contribution in [0.15, 0.2) is 39.9 Å². The highest BCUT2D eigenvalue weighted by molar-refractivity contribution is 5.75. The first kappa shape index (κ1) is 18.5. The minimum absolute atomic E-state index is 0.306. The van der Waals surface area contributed by atoms with E-state index in [1.54, 1.807) is 7.05 Å². The van der Waals surface area contributed by atoms with E-state index in [-0.39, 0.29) is 11.2 Å². The Morgan fingerprint density at radius 2 is 1.68 bits per heavy atom. The molecule has 2 atom stereocenters. The molecule has 1 fully saturated rings. The van der Waals surface area contributed by atoms with Crippen LogP contribution in [0, 0.1) is 0 Å². The summed E-state index contributed by atoms with van der Waals surface area (Å²) in [5, 5.41) is 3.52. The number of aromatic nitrogens is 4. The Labute approximate surface area is 163 Å². The number of anilines is 1.